The summed E-state index contributed by atoms with van der Waals surface area (Å²) in [7, 11) is 0. The molecule has 7 heteroatoms. The first-order chi connectivity index (χ1) is 13.3. The topological polar surface area (TPSA) is 41.1 Å². The van der Waals surface area contributed by atoms with E-state index in [0.29, 0.717) is 30.5 Å². The summed E-state index contributed by atoms with van der Waals surface area (Å²) in [5, 5.41) is 2.96. The number of aryl methyl sites for hydroxylation is 1. The van der Waals surface area contributed by atoms with Crippen molar-refractivity contribution < 1.29 is 13.2 Å². The van der Waals surface area contributed by atoms with Gasteiger partial charge in [0.1, 0.15) is 5.82 Å². The van der Waals surface area contributed by atoms with Crippen molar-refractivity contribution >= 4 is 17.5 Å². The Balaban J connectivity index is 1.85. The second-order valence-corrected chi connectivity index (χ2v) is 6.40. The van der Waals surface area contributed by atoms with Gasteiger partial charge in [-0.1, -0.05) is 36.4 Å². The quantitative estimate of drug-likeness (QED) is 0.601. The second-order valence-electron chi connectivity index (χ2n) is 6.40. The van der Waals surface area contributed by atoms with E-state index < -0.39 is 11.7 Å². The van der Waals surface area contributed by atoms with Crippen molar-refractivity contribution in [2.75, 3.05) is 16.8 Å². The van der Waals surface area contributed by atoms with Crippen LogP contribution >= 0.6 is 0 Å². The molecule has 0 fully saturated rings. The molecule has 2 aromatic carbocycles. The van der Waals surface area contributed by atoms with Crippen molar-refractivity contribution in [1.29, 1.82) is 0 Å². The van der Waals surface area contributed by atoms with E-state index in [1.54, 1.807) is 12.1 Å². The Morgan fingerprint density at radius 3 is 2.39 bits per heavy atom. The maximum absolute atomic E-state index is 12.9. The van der Waals surface area contributed by atoms with Crippen LogP contribution in [-0.2, 0) is 12.7 Å². The van der Waals surface area contributed by atoms with Crippen molar-refractivity contribution in [1.82, 2.24) is 9.97 Å². The monoisotopic (exact) mass is 386 g/mol. The second kappa shape index (κ2) is 8.29. The number of rotatable bonds is 6. The summed E-state index contributed by atoms with van der Waals surface area (Å²) in [4.78, 5) is 11.0. The van der Waals surface area contributed by atoms with Crippen molar-refractivity contribution in [2.24, 2.45) is 0 Å². The van der Waals surface area contributed by atoms with Crippen LogP contribution in [0.25, 0.3) is 0 Å². The number of hydrogen-bond acceptors (Lipinski definition) is 4. The first kappa shape index (κ1) is 19.7. The van der Waals surface area contributed by atoms with Crippen LogP contribution < -0.4 is 10.2 Å². The summed E-state index contributed by atoms with van der Waals surface area (Å²) < 4.78 is 38.8. The molecule has 0 aliphatic rings. The van der Waals surface area contributed by atoms with E-state index in [1.807, 2.05) is 49.1 Å². The summed E-state index contributed by atoms with van der Waals surface area (Å²) in [6, 6.07) is 16.7. The number of aromatic nitrogens is 2. The zero-order valence-electron chi connectivity index (χ0n) is 15.7. The van der Waals surface area contributed by atoms with Gasteiger partial charge in [0.15, 0.2) is 0 Å². The van der Waals surface area contributed by atoms with E-state index in [2.05, 4.69) is 15.3 Å². The number of halogens is 3. The molecule has 0 aliphatic carbocycles. The Labute approximate surface area is 162 Å². The normalized spacial score (nSPS) is 11.3. The van der Waals surface area contributed by atoms with Gasteiger partial charge in [0.05, 0.1) is 5.56 Å². The first-order valence-electron chi connectivity index (χ1n) is 8.94. The predicted octanol–water partition coefficient (Wildman–Crippen LogP) is 5.57. The highest BCUT2D eigenvalue weighted by atomic mass is 19.4. The lowest BCUT2D eigenvalue weighted by Gasteiger charge is -2.22. The maximum Gasteiger partial charge on any atom is 0.416 e. The fourth-order valence-electron chi connectivity index (χ4n) is 2.81. The average molecular weight is 386 g/mol. The molecule has 146 valence electrons. The SMILES string of the molecule is CCN(Cc1ccccc1)c1nc(C)cc(Nc2cccc(C(F)(F)F)c2)n1. The molecule has 0 unspecified atom stereocenters. The summed E-state index contributed by atoms with van der Waals surface area (Å²) in [6.07, 6.45) is -4.39. The summed E-state index contributed by atoms with van der Waals surface area (Å²) in [6.45, 7) is 5.18. The van der Waals surface area contributed by atoms with Crippen LogP contribution in [0.4, 0.5) is 30.6 Å². The van der Waals surface area contributed by atoms with Crippen molar-refractivity contribution in [3.05, 3.63) is 77.5 Å². The van der Waals surface area contributed by atoms with Gasteiger partial charge in [0.25, 0.3) is 0 Å². The molecule has 0 spiro atoms. The van der Waals surface area contributed by atoms with Crippen molar-refractivity contribution in [3.8, 4) is 0 Å². The average Bonchev–Trinajstić information content (AvgIpc) is 2.66. The first-order valence-corrected chi connectivity index (χ1v) is 8.94. The van der Waals surface area contributed by atoms with E-state index in [1.165, 1.54) is 6.07 Å². The fraction of sp³-hybridized carbons (Fsp3) is 0.238. The lowest BCUT2D eigenvalue weighted by atomic mass is 10.2. The summed E-state index contributed by atoms with van der Waals surface area (Å²) in [5.74, 6) is 0.981. The highest BCUT2D eigenvalue weighted by Gasteiger charge is 2.30. The Kier molecular flexibility index (Phi) is 5.82. The third kappa shape index (κ3) is 5.00. The minimum Gasteiger partial charge on any atom is -0.340 e. The molecule has 0 amide bonds. The molecule has 1 aromatic heterocycles. The van der Waals surface area contributed by atoms with Crippen molar-refractivity contribution in [2.45, 2.75) is 26.6 Å². The van der Waals surface area contributed by atoms with Gasteiger partial charge in [-0.3, -0.25) is 0 Å². The van der Waals surface area contributed by atoms with Crippen LogP contribution in [0.2, 0.25) is 0 Å². The lowest BCUT2D eigenvalue weighted by Crippen LogP contribution is -2.24. The minimum absolute atomic E-state index is 0.324. The number of nitrogens with one attached hydrogen (secondary N) is 1. The van der Waals surface area contributed by atoms with Gasteiger partial charge in [-0.25, -0.2) is 4.98 Å². The highest BCUT2D eigenvalue weighted by molar-refractivity contribution is 5.59. The van der Waals surface area contributed by atoms with Crippen LogP contribution in [-0.4, -0.2) is 16.5 Å². The molecule has 0 saturated heterocycles. The molecule has 3 rings (SSSR count). The largest absolute Gasteiger partial charge is 0.416 e. The predicted molar refractivity (Wildman–Crippen MR) is 105 cm³/mol. The molecule has 1 N–H and O–H groups in total. The molecule has 0 atom stereocenters. The zero-order valence-corrected chi connectivity index (χ0v) is 15.7. The van der Waals surface area contributed by atoms with Crippen LogP contribution in [0.3, 0.4) is 0 Å². The van der Waals surface area contributed by atoms with Gasteiger partial charge < -0.3 is 10.2 Å². The van der Waals surface area contributed by atoms with Gasteiger partial charge >= 0.3 is 6.18 Å². The third-order valence-corrected chi connectivity index (χ3v) is 4.19. The lowest BCUT2D eigenvalue weighted by molar-refractivity contribution is -0.137. The van der Waals surface area contributed by atoms with E-state index in [9.17, 15) is 13.2 Å². The highest BCUT2D eigenvalue weighted by Crippen LogP contribution is 2.31. The van der Waals surface area contributed by atoms with E-state index in [-0.39, 0.29) is 0 Å². The molecule has 1 heterocycles. The van der Waals surface area contributed by atoms with E-state index in [4.69, 9.17) is 0 Å². The van der Waals surface area contributed by atoms with E-state index >= 15 is 0 Å². The Morgan fingerprint density at radius 2 is 1.71 bits per heavy atom. The van der Waals surface area contributed by atoms with Gasteiger partial charge in [-0.2, -0.15) is 18.2 Å². The number of anilines is 3. The Morgan fingerprint density at radius 1 is 0.964 bits per heavy atom. The van der Waals surface area contributed by atoms with Crippen molar-refractivity contribution in [3.63, 3.8) is 0 Å². The van der Waals surface area contributed by atoms with Crippen LogP contribution in [0, 0.1) is 6.92 Å². The summed E-state index contributed by atoms with van der Waals surface area (Å²) >= 11 is 0. The molecule has 0 aliphatic heterocycles. The van der Waals surface area contributed by atoms with Gasteiger partial charge in [0.2, 0.25) is 5.95 Å². The maximum atomic E-state index is 12.9. The number of alkyl halides is 3. The standard InChI is InChI=1S/C21H21F3N4/c1-3-28(14-16-8-5-4-6-9-16)20-25-15(2)12-19(27-20)26-18-11-7-10-17(13-18)21(22,23)24/h4-13H,3,14H2,1-2H3,(H,25,26,27). The smallest absolute Gasteiger partial charge is 0.340 e. The Hall–Kier alpha value is -3.09. The number of hydrogen-bond donors (Lipinski definition) is 1. The van der Waals surface area contributed by atoms with Gasteiger partial charge in [-0.05, 0) is 37.6 Å². The van der Waals surface area contributed by atoms with Crippen LogP contribution in [0.5, 0.6) is 0 Å². The number of benzene rings is 2. The molecule has 0 saturated carbocycles. The summed E-state index contributed by atoms with van der Waals surface area (Å²) in [5.41, 5.74) is 1.47. The molecule has 0 bridgehead atoms. The molecular weight excluding hydrogens is 365 g/mol. The number of nitrogens with zero attached hydrogens (tertiary/aromatic N) is 3. The van der Waals surface area contributed by atoms with Crippen LogP contribution in [0.15, 0.2) is 60.7 Å². The molecule has 3 aromatic rings. The molecule has 28 heavy (non-hydrogen) atoms. The molecular formula is C21H21F3N4. The fourth-order valence-corrected chi connectivity index (χ4v) is 2.81. The van der Waals surface area contributed by atoms with Gasteiger partial charge in [-0.15, -0.1) is 0 Å². The van der Waals surface area contributed by atoms with Gasteiger partial charge in [0, 0.05) is 30.5 Å². The Bertz CT molecular complexity index is 926. The zero-order chi connectivity index (χ0) is 20.1. The van der Waals surface area contributed by atoms with E-state index in [0.717, 1.165) is 23.4 Å². The molecule has 4 nitrogen and oxygen atoms in total. The minimum atomic E-state index is -4.39. The molecule has 0 radical (unpaired) electrons. The third-order valence-electron chi connectivity index (χ3n) is 4.19. The van der Waals surface area contributed by atoms with Crippen LogP contribution in [0.1, 0.15) is 23.7 Å².